The number of aromatic amines is 2. The fraction of sp³-hybridized carbons (Fsp3) is 0.0500. The molecule has 0 aliphatic carbocycles. The predicted octanol–water partition coefficient (Wildman–Crippen LogP) is 5.31. The average Bonchev–Trinajstić information content (AvgIpc) is 4.02. The summed E-state index contributed by atoms with van der Waals surface area (Å²) in [6.45, 7) is -0.666. The predicted molar refractivity (Wildman–Crippen MR) is 206 cm³/mol. The molecular weight excluding hydrogens is 785 g/mol. The largest absolute Gasteiger partial charge is 0.328 e. The molecule has 0 aliphatic heterocycles. The molecule has 20 heteroatoms. The minimum absolute atomic E-state index is 0.186. The van der Waals surface area contributed by atoms with Crippen molar-refractivity contribution in [3.8, 4) is 24.0 Å². The summed E-state index contributed by atoms with van der Waals surface area (Å²) >= 11 is 0. The van der Waals surface area contributed by atoms with Crippen molar-refractivity contribution in [1.82, 2.24) is 58.1 Å². The maximum atomic E-state index is 14.1. The van der Waals surface area contributed by atoms with Gasteiger partial charge in [-0.25, -0.2) is 47.1 Å². The Morgan fingerprint density at radius 1 is 0.567 bits per heavy atom. The third kappa shape index (κ3) is 6.45. The Balaban J connectivity index is 0.000000154. The van der Waals surface area contributed by atoms with E-state index >= 15 is 0 Å². The molecule has 10 aromatic rings. The summed E-state index contributed by atoms with van der Waals surface area (Å²) in [5, 5.41) is 18.2. The molecule has 0 aliphatic rings. The minimum Gasteiger partial charge on any atom is -0.303 e. The summed E-state index contributed by atoms with van der Waals surface area (Å²) in [4.78, 5) is 55.8. The molecule has 0 fully saturated rings. The van der Waals surface area contributed by atoms with E-state index in [1.54, 1.807) is 45.5 Å². The molecule has 6 aromatic heterocycles. The monoisotopic (exact) mass is 806 g/mol. The highest BCUT2D eigenvalue weighted by molar-refractivity contribution is 5.80. The smallest absolute Gasteiger partial charge is 0.303 e. The lowest BCUT2D eigenvalue weighted by Gasteiger charge is -2.07. The number of benzene rings is 4. The minimum atomic E-state index is -0.754. The Hall–Kier alpha value is -8.78. The highest BCUT2D eigenvalue weighted by Gasteiger charge is 2.19. The van der Waals surface area contributed by atoms with E-state index in [0.29, 0.717) is 44.2 Å². The van der Waals surface area contributed by atoms with E-state index in [2.05, 4.69) is 52.0 Å². The molecule has 0 unspecified atom stereocenters. The van der Waals surface area contributed by atoms with Crippen LogP contribution < -0.4 is 11.4 Å². The van der Waals surface area contributed by atoms with Crippen molar-refractivity contribution >= 4 is 44.4 Å². The number of imidazole rings is 4. The fourth-order valence-corrected chi connectivity index (χ4v) is 6.56. The third-order valence-corrected chi connectivity index (χ3v) is 9.54. The molecule has 60 heavy (non-hydrogen) atoms. The lowest BCUT2D eigenvalue weighted by Crippen LogP contribution is -2.19. The first-order chi connectivity index (χ1) is 29.1. The normalized spacial score (nSPS) is 11.2. The molecule has 0 saturated carbocycles. The van der Waals surface area contributed by atoms with Crippen LogP contribution in [0.3, 0.4) is 0 Å². The summed E-state index contributed by atoms with van der Waals surface area (Å²) < 4.78 is 61.8. The van der Waals surface area contributed by atoms with E-state index in [1.165, 1.54) is 37.2 Å². The Morgan fingerprint density at radius 3 is 1.55 bits per heavy atom. The number of aromatic nitrogens is 12. The van der Waals surface area contributed by atoms with Gasteiger partial charge in [0.15, 0.2) is 11.3 Å². The molecule has 6 heterocycles. The Labute approximate surface area is 331 Å². The molecule has 0 amide bonds. The maximum Gasteiger partial charge on any atom is 0.328 e. The van der Waals surface area contributed by atoms with Gasteiger partial charge in [-0.1, -0.05) is 12.1 Å². The standard InChI is InChI=1S/2C20H11F2N7O/c21-13-2-1-3-14(22)12(13)9-28-18-16(26-20(28)30)8-24-19(27-18)29-10-25-15-6-11(7-23)4-5-17(15)29;21-13-2-1-3-14(22)12(13)9-28-18-16(26-20(28)30)8-24-19(27-18)29-10-25-15-5-4-11(7-23)6-17(15)29/h2*1-6,8,10H,9H2,(H,26,30). The van der Waals surface area contributed by atoms with Gasteiger partial charge in [-0.05, 0) is 60.7 Å². The van der Waals surface area contributed by atoms with Crippen LogP contribution in [0, 0.1) is 45.9 Å². The second-order valence-corrected chi connectivity index (χ2v) is 13.1. The summed E-state index contributed by atoms with van der Waals surface area (Å²) in [5.74, 6) is -2.59. The molecule has 2 N–H and O–H groups in total. The van der Waals surface area contributed by atoms with Crippen LogP contribution in [-0.2, 0) is 13.1 Å². The first-order valence-corrected chi connectivity index (χ1v) is 17.6. The summed E-state index contributed by atoms with van der Waals surface area (Å²) in [7, 11) is 0. The first kappa shape index (κ1) is 36.8. The number of nitrogens with one attached hydrogen (secondary N) is 2. The van der Waals surface area contributed by atoms with Gasteiger partial charge < -0.3 is 9.97 Å². The maximum absolute atomic E-state index is 14.1. The van der Waals surface area contributed by atoms with Crippen molar-refractivity contribution in [2.75, 3.05) is 0 Å². The van der Waals surface area contributed by atoms with Crippen LogP contribution in [0.4, 0.5) is 17.6 Å². The second-order valence-electron chi connectivity index (χ2n) is 13.1. The second kappa shape index (κ2) is 14.6. The van der Waals surface area contributed by atoms with E-state index < -0.39 is 34.6 Å². The van der Waals surface area contributed by atoms with Crippen LogP contribution in [0.2, 0.25) is 0 Å². The molecule has 16 nitrogen and oxygen atoms in total. The lowest BCUT2D eigenvalue weighted by molar-refractivity contribution is 0.543. The number of fused-ring (bicyclic) bond motifs is 4. The van der Waals surface area contributed by atoms with Crippen LogP contribution in [0.5, 0.6) is 0 Å². The first-order valence-electron chi connectivity index (χ1n) is 17.6. The molecule has 0 atom stereocenters. The van der Waals surface area contributed by atoms with Crippen LogP contribution >= 0.6 is 0 Å². The number of halogens is 4. The van der Waals surface area contributed by atoms with E-state index in [-0.39, 0.29) is 47.4 Å². The Kier molecular flexibility index (Phi) is 8.98. The van der Waals surface area contributed by atoms with Crippen molar-refractivity contribution < 1.29 is 17.6 Å². The van der Waals surface area contributed by atoms with Gasteiger partial charge in [0.1, 0.15) is 47.0 Å². The lowest BCUT2D eigenvalue weighted by atomic mass is 10.2. The van der Waals surface area contributed by atoms with Gasteiger partial charge >= 0.3 is 11.4 Å². The van der Waals surface area contributed by atoms with Crippen LogP contribution in [-0.4, -0.2) is 58.1 Å². The van der Waals surface area contributed by atoms with Crippen LogP contribution in [0.25, 0.3) is 56.3 Å². The van der Waals surface area contributed by atoms with Crippen LogP contribution in [0.1, 0.15) is 22.3 Å². The van der Waals surface area contributed by atoms with Crippen molar-refractivity contribution in [3.05, 3.63) is 164 Å². The number of hydrogen-bond acceptors (Lipinski definition) is 10. The number of nitrogens with zero attached hydrogens (tertiary/aromatic N) is 12. The number of hydrogen-bond donors (Lipinski definition) is 2. The molecule has 0 spiro atoms. The van der Waals surface area contributed by atoms with Gasteiger partial charge in [-0.15, -0.1) is 0 Å². The van der Waals surface area contributed by atoms with Crippen molar-refractivity contribution in [2.45, 2.75) is 13.1 Å². The van der Waals surface area contributed by atoms with Crippen molar-refractivity contribution in [1.29, 1.82) is 10.5 Å². The highest BCUT2D eigenvalue weighted by Crippen LogP contribution is 2.22. The molecular formula is C40H22F4N14O2. The van der Waals surface area contributed by atoms with Crippen molar-refractivity contribution in [2.24, 2.45) is 0 Å². The SMILES string of the molecule is N#Cc1ccc2c(c1)ncn2-c1ncc2[nH]c(=O)n(Cc3c(F)cccc3F)c2n1.N#Cc1ccc2ncn(-c3ncc4[nH]c(=O)n(Cc5c(F)cccc5F)c4n3)c2c1. The van der Waals surface area contributed by atoms with E-state index in [9.17, 15) is 27.2 Å². The summed E-state index contributed by atoms with van der Waals surface area (Å²) in [6, 6.07) is 21.1. The van der Waals surface area contributed by atoms with Gasteiger partial charge in [0.2, 0.25) is 11.9 Å². The number of rotatable bonds is 6. The quantitative estimate of drug-likeness (QED) is 0.207. The van der Waals surface area contributed by atoms with Crippen LogP contribution in [0.15, 0.2) is 107 Å². The molecule has 0 bridgehead atoms. The topological polar surface area (TPSA) is 210 Å². The summed E-state index contributed by atoms with van der Waals surface area (Å²) in [6.07, 6.45) is 5.83. The molecule has 10 rings (SSSR count). The highest BCUT2D eigenvalue weighted by atomic mass is 19.1. The number of nitriles is 2. The number of H-pyrrole nitrogens is 2. The fourth-order valence-electron chi connectivity index (χ4n) is 6.56. The third-order valence-electron chi connectivity index (χ3n) is 9.54. The molecule has 0 radical (unpaired) electrons. The molecule has 4 aromatic carbocycles. The zero-order valence-electron chi connectivity index (χ0n) is 30.3. The zero-order chi connectivity index (χ0) is 41.7. The van der Waals surface area contributed by atoms with Gasteiger partial charge in [0.25, 0.3) is 0 Å². The van der Waals surface area contributed by atoms with Gasteiger partial charge in [0.05, 0.1) is 70.8 Å². The molecule has 292 valence electrons. The van der Waals surface area contributed by atoms with E-state index in [4.69, 9.17) is 10.5 Å². The zero-order valence-corrected chi connectivity index (χ0v) is 30.3. The Morgan fingerprint density at radius 2 is 1.03 bits per heavy atom. The molecule has 0 saturated heterocycles. The summed E-state index contributed by atoms with van der Waals surface area (Å²) in [5.41, 5.74) is 2.83. The van der Waals surface area contributed by atoms with E-state index in [0.717, 1.165) is 33.4 Å². The van der Waals surface area contributed by atoms with Gasteiger partial charge in [-0.2, -0.15) is 20.5 Å². The van der Waals surface area contributed by atoms with E-state index in [1.807, 2.05) is 0 Å². The average molecular weight is 807 g/mol. The van der Waals surface area contributed by atoms with Gasteiger partial charge in [-0.3, -0.25) is 18.3 Å². The van der Waals surface area contributed by atoms with Crippen molar-refractivity contribution in [3.63, 3.8) is 0 Å². The Bertz CT molecular complexity index is 3510. The van der Waals surface area contributed by atoms with Gasteiger partial charge in [0, 0.05) is 11.1 Å².